The number of nitrogens with zero attached hydrogens (tertiary/aromatic N) is 4. The first-order chi connectivity index (χ1) is 11.8. The smallest absolute Gasteiger partial charge is 0.243 e. The molecule has 3 aliphatic rings. The average molecular weight is 423 g/mol. The van der Waals surface area contributed by atoms with E-state index in [-0.39, 0.29) is 12.1 Å². The molecular formula is C17H19BrN4O2S. The van der Waals surface area contributed by atoms with Crippen molar-refractivity contribution in [2.24, 2.45) is 0 Å². The minimum absolute atomic E-state index is 0.00157. The standard InChI is InChI=1S/C17H19BrN4O2S/c1-11-6-17(20-12(2)19-11)21-9-14-8-15(10-21)22(14)25(23,24)16-5-3-4-13(18)7-16/h3-7,14-15H,8-10H2,1-2H3. The van der Waals surface area contributed by atoms with E-state index in [2.05, 4.69) is 30.8 Å². The van der Waals surface area contributed by atoms with E-state index in [9.17, 15) is 8.42 Å². The van der Waals surface area contributed by atoms with Crippen LogP contribution in [0.5, 0.6) is 0 Å². The number of halogens is 1. The number of sulfonamides is 1. The Morgan fingerprint density at radius 1 is 1.12 bits per heavy atom. The van der Waals surface area contributed by atoms with Crippen molar-refractivity contribution in [1.29, 1.82) is 0 Å². The first-order valence-electron chi connectivity index (χ1n) is 8.21. The molecule has 2 atom stereocenters. The third kappa shape index (κ3) is 2.96. The van der Waals surface area contributed by atoms with Gasteiger partial charge < -0.3 is 4.90 Å². The zero-order valence-corrected chi connectivity index (χ0v) is 16.5. The summed E-state index contributed by atoms with van der Waals surface area (Å²) in [6.07, 6.45) is 0.910. The van der Waals surface area contributed by atoms with Crippen LogP contribution in [-0.2, 0) is 10.0 Å². The van der Waals surface area contributed by atoms with Gasteiger partial charge in [0.2, 0.25) is 10.0 Å². The van der Waals surface area contributed by atoms with E-state index in [4.69, 9.17) is 0 Å². The molecule has 2 bridgehead atoms. The lowest BCUT2D eigenvalue weighted by atomic mass is 9.91. The molecular weight excluding hydrogens is 404 g/mol. The molecule has 25 heavy (non-hydrogen) atoms. The second kappa shape index (κ2) is 6.03. The average Bonchev–Trinajstić information content (AvgIpc) is 2.53. The highest BCUT2D eigenvalue weighted by atomic mass is 79.9. The van der Waals surface area contributed by atoms with E-state index in [1.54, 1.807) is 22.5 Å². The van der Waals surface area contributed by atoms with Gasteiger partial charge in [0.25, 0.3) is 0 Å². The number of anilines is 1. The van der Waals surface area contributed by atoms with Crippen molar-refractivity contribution in [3.63, 3.8) is 0 Å². The lowest BCUT2D eigenvalue weighted by Gasteiger charge is -2.55. The van der Waals surface area contributed by atoms with Crippen molar-refractivity contribution in [2.45, 2.75) is 37.2 Å². The summed E-state index contributed by atoms with van der Waals surface area (Å²) in [4.78, 5) is 11.3. The van der Waals surface area contributed by atoms with Gasteiger partial charge in [-0.25, -0.2) is 18.4 Å². The Kier molecular flexibility index (Phi) is 4.09. The fourth-order valence-corrected chi connectivity index (χ4v) is 6.17. The SMILES string of the molecule is Cc1cc(N2CC3CC(C2)N3S(=O)(=O)c2cccc(Br)c2)nc(C)n1. The number of benzene rings is 1. The molecule has 4 heterocycles. The zero-order valence-electron chi connectivity index (χ0n) is 14.1. The highest BCUT2D eigenvalue weighted by Crippen LogP contribution is 2.39. The van der Waals surface area contributed by atoms with Crippen LogP contribution in [0.15, 0.2) is 39.7 Å². The summed E-state index contributed by atoms with van der Waals surface area (Å²) < 4.78 is 28.4. The fraction of sp³-hybridized carbons (Fsp3) is 0.412. The van der Waals surface area contributed by atoms with Crippen LogP contribution in [0.25, 0.3) is 0 Å². The number of piperidine rings is 1. The molecule has 5 rings (SSSR count). The number of piperazine rings is 1. The molecule has 0 radical (unpaired) electrons. The molecule has 0 spiro atoms. The molecule has 0 amide bonds. The summed E-state index contributed by atoms with van der Waals surface area (Å²) in [6, 6.07) is 8.87. The largest absolute Gasteiger partial charge is 0.353 e. The molecule has 0 saturated carbocycles. The Morgan fingerprint density at radius 2 is 1.84 bits per heavy atom. The molecule has 3 fully saturated rings. The van der Waals surface area contributed by atoms with E-state index in [1.165, 1.54) is 0 Å². The van der Waals surface area contributed by atoms with E-state index >= 15 is 0 Å². The van der Waals surface area contributed by atoms with E-state index in [0.717, 1.165) is 28.2 Å². The summed E-state index contributed by atoms with van der Waals surface area (Å²) in [5, 5.41) is 0. The second-order valence-corrected chi connectivity index (χ2v) is 9.41. The van der Waals surface area contributed by atoms with Gasteiger partial charge in [-0.15, -0.1) is 0 Å². The normalized spacial score (nSPS) is 23.4. The Hall–Kier alpha value is -1.51. The molecule has 3 aliphatic heterocycles. The van der Waals surface area contributed by atoms with Gasteiger partial charge in [0.05, 0.1) is 4.90 Å². The van der Waals surface area contributed by atoms with Crippen LogP contribution in [0.1, 0.15) is 17.9 Å². The Morgan fingerprint density at radius 3 is 2.48 bits per heavy atom. The molecule has 1 aromatic carbocycles. The number of rotatable bonds is 3. The predicted molar refractivity (Wildman–Crippen MR) is 99.1 cm³/mol. The molecule has 2 unspecified atom stereocenters. The van der Waals surface area contributed by atoms with Gasteiger partial charge >= 0.3 is 0 Å². The minimum atomic E-state index is -3.46. The van der Waals surface area contributed by atoms with Gasteiger partial charge in [-0.1, -0.05) is 22.0 Å². The monoisotopic (exact) mass is 422 g/mol. The number of aromatic nitrogens is 2. The molecule has 3 saturated heterocycles. The lowest BCUT2D eigenvalue weighted by molar-refractivity contribution is 0.0874. The highest BCUT2D eigenvalue weighted by Gasteiger charge is 2.51. The maximum absolute atomic E-state index is 13.0. The zero-order chi connectivity index (χ0) is 17.8. The third-order valence-electron chi connectivity index (χ3n) is 4.77. The fourth-order valence-electron chi connectivity index (χ4n) is 3.76. The molecule has 0 N–H and O–H groups in total. The Bertz CT molecular complexity index is 902. The number of hydrogen-bond donors (Lipinski definition) is 0. The van der Waals surface area contributed by atoms with Gasteiger partial charge in [-0.2, -0.15) is 4.31 Å². The van der Waals surface area contributed by atoms with Crippen LogP contribution in [0.3, 0.4) is 0 Å². The Labute approximate surface area is 156 Å². The summed E-state index contributed by atoms with van der Waals surface area (Å²) in [6.45, 7) is 5.16. The number of fused-ring (bicyclic) bond motifs is 2. The summed E-state index contributed by atoms with van der Waals surface area (Å²) in [7, 11) is -3.46. The third-order valence-corrected chi connectivity index (χ3v) is 7.27. The maximum Gasteiger partial charge on any atom is 0.243 e. The van der Waals surface area contributed by atoms with Crippen molar-refractivity contribution in [3.8, 4) is 0 Å². The predicted octanol–water partition coefficient (Wildman–Crippen LogP) is 2.51. The van der Waals surface area contributed by atoms with Crippen LogP contribution in [0, 0.1) is 13.8 Å². The van der Waals surface area contributed by atoms with E-state index in [0.29, 0.717) is 18.0 Å². The van der Waals surface area contributed by atoms with Gasteiger partial charge in [0.15, 0.2) is 0 Å². The van der Waals surface area contributed by atoms with Crippen LogP contribution >= 0.6 is 15.9 Å². The van der Waals surface area contributed by atoms with E-state index < -0.39 is 10.0 Å². The Balaban J connectivity index is 1.58. The molecule has 8 heteroatoms. The molecule has 0 aliphatic carbocycles. The molecule has 2 aromatic rings. The topological polar surface area (TPSA) is 66.4 Å². The summed E-state index contributed by atoms with van der Waals surface area (Å²) in [5.74, 6) is 1.63. The highest BCUT2D eigenvalue weighted by molar-refractivity contribution is 9.10. The van der Waals surface area contributed by atoms with Crippen molar-refractivity contribution in [2.75, 3.05) is 18.0 Å². The van der Waals surface area contributed by atoms with Crippen molar-refractivity contribution in [3.05, 3.63) is 46.3 Å². The van der Waals surface area contributed by atoms with Gasteiger partial charge in [0.1, 0.15) is 11.6 Å². The van der Waals surface area contributed by atoms with Gasteiger partial charge in [0, 0.05) is 41.4 Å². The molecule has 1 aromatic heterocycles. The van der Waals surface area contributed by atoms with Crippen molar-refractivity contribution < 1.29 is 8.42 Å². The van der Waals surface area contributed by atoms with Gasteiger partial charge in [-0.3, -0.25) is 0 Å². The van der Waals surface area contributed by atoms with E-state index in [1.807, 2.05) is 26.0 Å². The first-order valence-corrected chi connectivity index (χ1v) is 10.4. The van der Waals surface area contributed by atoms with Crippen LogP contribution < -0.4 is 4.90 Å². The first kappa shape index (κ1) is 16.9. The molecule has 132 valence electrons. The number of aryl methyl sites for hydroxylation is 2. The quantitative estimate of drug-likeness (QED) is 0.759. The number of hydrogen-bond acceptors (Lipinski definition) is 5. The minimum Gasteiger partial charge on any atom is -0.353 e. The second-order valence-electron chi connectivity index (χ2n) is 6.66. The van der Waals surface area contributed by atoms with Crippen molar-refractivity contribution in [1.82, 2.24) is 14.3 Å². The van der Waals surface area contributed by atoms with Gasteiger partial charge in [-0.05, 0) is 38.5 Å². The van der Waals surface area contributed by atoms with Crippen LogP contribution in [0.4, 0.5) is 5.82 Å². The van der Waals surface area contributed by atoms with Crippen LogP contribution in [0.2, 0.25) is 0 Å². The summed E-state index contributed by atoms with van der Waals surface area (Å²) >= 11 is 3.35. The summed E-state index contributed by atoms with van der Waals surface area (Å²) in [5.41, 5.74) is 0.931. The lowest BCUT2D eigenvalue weighted by Crippen LogP contribution is -2.70. The van der Waals surface area contributed by atoms with Crippen molar-refractivity contribution >= 4 is 31.8 Å². The maximum atomic E-state index is 13.0. The van der Waals surface area contributed by atoms with Crippen LogP contribution in [-0.4, -0.2) is 47.9 Å². The molecule has 6 nitrogen and oxygen atoms in total.